The van der Waals surface area contributed by atoms with E-state index in [-0.39, 0.29) is 48.9 Å². The fourth-order valence-corrected chi connectivity index (χ4v) is 3.18. The number of hydrogen-bond donors (Lipinski definition) is 0. The Morgan fingerprint density at radius 2 is 2.00 bits per heavy atom. The Hall–Kier alpha value is -3.81. The second-order valence-electron chi connectivity index (χ2n) is 6.51. The van der Waals surface area contributed by atoms with Gasteiger partial charge in [-0.1, -0.05) is 5.21 Å². The van der Waals surface area contributed by atoms with Crippen molar-refractivity contribution in [3.05, 3.63) is 47.9 Å². The lowest BCUT2D eigenvalue weighted by molar-refractivity contribution is -0.114. The summed E-state index contributed by atoms with van der Waals surface area (Å²) in [5.74, 6) is -2.38. The predicted octanol–water partition coefficient (Wildman–Crippen LogP) is 1.75. The molecule has 1 fully saturated rings. The third-order valence-corrected chi connectivity index (χ3v) is 4.60. The molecule has 0 bridgehead atoms. The lowest BCUT2D eigenvalue weighted by Gasteiger charge is -2.24. The van der Waals surface area contributed by atoms with Gasteiger partial charge in [0.15, 0.2) is 23.1 Å². The van der Waals surface area contributed by atoms with E-state index in [1.807, 2.05) is 6.07 Å². The van der Waals surface area contributed by atoms with Crippen LogP contribution in [-0.2, 0) is 16.1 Å². The van der Waals surface area contributed by atoms with Crippen molar-refractivity contribution in [3.8, 4) is 6.07 Å². The van der Waals surface area contributed by atoms with Gasteiger partial charge in [-0.05, 0) is 18.2 Å². The summed E-state index contributed by atoms with van der Waals surface area (Å²) in [7, 11) is 0. The van der Waals surface area contributed by atoms with Crippen LogP contribution >= 0.6 is 0 Å². The summed E-state index contributed by atoms with van der Waals surface area (Å²) >= 11 is 0. The van der Waals surface area contributed by atoms with Crippen LogP contribution < -0.4 is 9.80 Å². The fourth-order valence-electron chi connectivity index (χ4n) is 3.18. The van der Waals surface area contributed by atoms with Gasteiger partial charge in [0, 0.05) is 19.2 Å². The minimum absolute atomic E-state index is 0.0194. The van der Waals surface area contributed by atoms with Gasteiger partial charge in [-0.3, -0.25) is 9.69 Å². The Balaban J connectivity index is 1.53. The molecule has 1 aromatic carbocycles. The first-order valence-electron chi connectivity index (χ1n) is 8.70. The molecular weight excluding hydrogens is 386 g/mol. The number of rotatable bonds is 4. The number of ketones is 1. The van der Waals surface area contributed by atoms with Gasteiger partial charge in [-0.15, -0.1) is 5.10 Å². The number of anilines is 2. The smallest absolute Gasteiger partial charge is 0.414 e. The van der Waals surface area contributed by atoms with Gasteiger partial charge in [0.1, 0.15) is 12.2 Å². The highest BCUT2D eigenvalue weighted by atomic mass is 19.2. The van der Waals surface area contributed by atoms with Gasteiger partial charge in [0.25, 0.3) is 0 Å². The monoisotopic (exact) mass is 400 g/mol. The average molecular weight is 400 g/mol. The maximum Gasteiger partial charge on any atom is 0.414 e. The minimum Gasteiger partial charge on any atom is -0.442 e. The number of ether oxygens (including phenoxy) is 1. The van der Waals surface area contributed by atoms with Crippen LogP contribution in [0.1, 0.15) is 12.1 Å². The van der Waals surface area contributed by atoms with E-state index in [2.05, 4.69) is 10.3 Å². The number of halogens is 2. The molecule has 0 spiro atoms. The van der Waals surface area contributed by atoms with E-state index in [0.717, 1.165) is 4.90 Å². The van der Waals surface area contributed by atoms with Crippen molar-refractivity contribution >= 4 is 23.3 Å². The molecular formula is C18H14F2N6O3. The van der Waals surface area contributed by atoms with Crippen molar-refractivity contribution < 1.29 is 23.1 Å². The Bertz CT molecular complexity index is 1060. The van der Waals surface area contributed by atoms with Crippen LogP contribution in [0.25, 0.3) is 0 Å². The summed E-state index contributed by atoms with van der Waals surface area (Å²) in [5, 5.41) is 16.1. The van der Waals surface area contributed by atoms with Gasteiger partial charge < -0.3 is 9.64 Å². The zero-order valence-corrected chi connectivity index (χ0v) is 15.0. The van der Waals surface area contributed by atoms with Gasteiger partial charge in [-0.25, -0.2) is 18.3 Å². The second-order valence-corrected chi connectivity index (χ2v) is 6.51. The number of benzene rings is 1. The highest BCUT2D eigenvalue weighted by Crippen LogP contribution is 2.32. The van der Waals surface area contributed by atoms with E-state index in [0.29, 0.717) is 0 Å². The van der Waals surface area contributed by atoms with Crippen LogP contribution in [0, 0.1) is 23.0 Å². The number of cyclic esters (lactones) is 1. The molecule has 0 N–H and O–H groups in total. The van der Waals surface area contributed by atoms with E-state index in [9.17, 15) is 18.4 Å². The largest absolute Gasteiger partial charge is 0.442 e. The van der Waals surface area contributed by atoms with Gasteiger partial charge in [0.05, 0.1) is 30.7 Å². The zero-order chi connectivity index (χ0) is 20.5. The normalized spacial score (nSPS) is 18.9. The molecule has 9 nitrogen and oxygen atoms in total. The van der Waals surface area contributed by atoms with E-state index >= 15 is 0 Å². The maximum atomic E-state index is 14.7. The summed E-state index contributed by atoms with van der Waals surface area (Å²) in [6.45, 7) is 0.335. The van der Waals surface area contributed by atoms with Crippen molar-refractivity contribution in [2.24, 2.45) is 0 Å². The van der Waals surface area contributed by atoms with Crippen LogP contribution in [0.5, 0.6) is 0 Å². The number of amides is 1. The standard InChI is InChI=1S/C18H14F2N6O3/c19-16-14(24-5-3-12(27)4-6-24)1-2-15(17(16)20)26-10-13(29-18(26)28)9-25-8-11(7-21)22-23-25/h1-3,5,8,13H,4,6,9-10H2/t13-/m0/s1. The fraction of sp³-hybridized carbons (Fsp3) is 0.278. The van der Waals surface area contributed by atoms with Crippen LogP contribution in [-0.4, -0.2) is 46.1 Å². The molecule has 3 heterocycles. The molecule has 148 valence electrons. The first-order chi connectivity index (χ1) is 14.0. The van der Waals surface area contributed by atoms with E-state index < -0.39 is 23.8 Å². The minimum atomic E-state index is -1.18. The topological polar surface area (TPSA) is 104 Å². The summed E-state index contributed by atoms with van der Waals surface area (Å²) in [4.78, 5) is 25.9. The first-order valence-corrected chi connectivity index (χ1v) is 8.70. The molecule has 1 aromatic heterocycles. The first kappa shape index (κ1) is 18.5. The molecule has 0 saturated carbocycles. The molecule has 11 heteroatoms. The van der Waals surface area contributed by atoms with Crippen molar-refractivity contribution in [3.63, 3.8) is 0 Å². The average Bonchev–Trinajstić information content (AvgIpc) is 3.31. The molecule has 0 aliphatic carbocycles. The lowest BCUT2D eigenvalue weighted by atomic mass is 10.1. The Kier molecular flexibility index (Phi) is 4.67. The van der Waals surface area contributed by atoms with Crippen molar-refractivity contribution in [1.82, 2.24) is 15.0 Å². The molecule has 1 saturated heterocycles. The zero-order valence-electron chi connectivity index (χ0n) is 15.0. The number of nitriles is 1. The molecule has 1 atom stereocenters. The quantitative estimate of drug-likeness (QED) is 0.770. The number of carbonyl (C=O) groups is 2. The summed E-state index contributed by atoms with van der Waals surface area (Å²) in [6, 6.07) is 4.48. The van der Waals surface area contributed by atoms with Gasteiger partial charge >= 0.3 is 6.09 Å². The van der Waals surface area contributed by atoms with Gasteiger partial charge in [-0.2, -0.15) is 5.26 Å². The third kappa shape index (κ3) is 3.52. The Labute approximate surface area is 163 Å². The number of nitrogens with zero attached hydrogens (tertiary/aromatic N) is 6. The van der Waals surface area contributed by atoms with E-state index in [1.165, 1.54) is 40.2 Å². The highest BCUT2D eigenvalue weighted by Gasteiger charge is 2.35. The van der Waals surface area contributed by atoms with Crippen LogP contribution in [0.3, 0.4) is 0 Å². The molecule has 2 aromatic rings. The molecule has 29 heavy (non-hydrogen) atoms. The number of aromatic nitrogens is 3. The molecule has 0 unspecified atom stereocenters. The van der Waals surface area contributed by atoms with Crippen molar-refractivity contribution in [2.75, 3.05) is 22.9 Å². The summed E-state index contributed by atoms with van der Waals surface area (Å²) in [5.41, 5.74) is -0.152. The van der Waals surface area contributed by atoms with Crippen molar-refractivity contribution in [2.45, 2.75) is 19.1 Å². The van der Waals surface area contributed by atoms with Crippen LogP contribution in [0.4, 0.5) is 25.0 Å². The molecule has 0 radical (unpaired) electrons. The van der Waals surface area contributed by atoms with E-state index in [4.69, 9.17) is 10.00 Å². The Morgan fingerprint density at radius 3 is 2.69 bits per heavy atom. The molecule has 2 aliphatic heterocycles. The third-order valence-electron chi connectivity index (χ3n) is 4.60. The van der Waals surface area contributed by atoms with Gasteiger partial charge in [0.2, 0.25) is 0 Å². The molecule has 2 aliphatic rings. The molecule has 4 rings (SSSR count). The highest BCUT2D eigenvalue weighted by molar-refractivity contribution is 5.92. The van der Waals surface area contributed by atoms with Crippen LogP contribution in [0.15, 0.2) is 30.6 Å². The van der Waals surface area contributed by atoms with Crippen LogP contribution in [0.2, 0.25) is 0 Å². The SMILES string of the molecule is N#Cc1cn(C[C@H]2CN(c3ccc(N4C=CC(=O)CC4)c(F)c3F)C(=O)O2)nn1. The Morgan fingerprint density at radius 1 is 1.24 bits per heavy atom. The predicted molar refractivity (Wildman–Crippen MR) is 94.8 cm³/mol. The number of hydrogen-bond acceptors (Lipinski definition) is 7. The molecule has 1 amide bonds. The number of carbonyl (C=O) groups excluding carboxylic acids is 2. The lowest BCUT2D eigenvalue weighted by Crippen LogP contribution is -2.28. The van der Waals surface area contributed by atoms with Crippen molar-refractivity contribution in [1.29, 1.82) is 5.26 Å². The summed E-state index contributed by atoms with van der Waals surface area (Å²) < 4.78 is 35.9. The van der Waals surface area contributed by atoms with E-state index in [1.54, 1.807) is 0 Å². The second kappa shape index (κ2) is 7.31. The summed E-state index contributed by atoms with van der Waals surface area (Å²) in [6.07, 6.45) is 2.81. The maximum absolute atomic E-state index is 14.7. The number of allylic oxidation sites excluding steroid dienone is 1.